The lowest BCUT2D eigenvalue weighted by atomic mass is 10.1. The quantitative estimate of drug-likeness (QED) is 0.369. The predicted octanol–water partition coefficient (Wildman–Crippen LogP) is 5.48. The Kier molecular flexibility index (Phi) is 7.31. The van der Waals surface area contributed by atoms with E-state index >= 15 is 0 Å². The molecule has 0 spiro atoms. The van der Waals surface area contributed by atoms with Gasteiger partial charge < -0.3 is 19.9 Å². The molecule has 1 aromatic heterocycles. The maximum atomic E-state index is 13.0. The molecule has 7 heteroatoms. The van der Waals surface area contributed by atoms with E-state index < -0.39 is 0 Å². The lowest BCUT2D eigenvalue weighted by Gasteiger charge is -2.30. The van der Waals surface area contributed by atoms with Crippen molar-refractivity contribution < 1.29 is 9.53 Å². The fraction of sp³-hybridized carbons (Fsp3) is 0.233. The van der Waals surface area contributed by atoms with Gasteiger partial charge in [-0.05, 0) is 35.7 Å². The van der Waals surface area contributed by atoms with Gasteiger partial charge in [0.2, 0.25) is 11.8 Å². The molecule has 0 radical (unpaired) electrons. The van der Waals surface area contributed by atoms with Crippen LogP contribution in [0.4, 0.5) is 10.7 Å². The van der Waals surface area contributed by atoms with Gasteiger partial charge in [-0.2, -0.15) is 4.98 Å². The van der Waals surface area contributed by atoms with E-state index in [1.165, 1.54) is 5.56 Å². The summed E-state index contributed by atoms with van der Waals surface area (Å²) in [5.41, 5.74) is 5.10. The van der Waals surface area contributed by atoms with Crippen molar-refractivity contribution in [2.75, 3.05) is 18.5 Å². The van der Waals surface area contributed by atoms with E-state index in [-0.39, 0.29) is 6.03 Å². The molecule has 0 atom stereocenters. The van der Waals surface area contributed by atoms with E-state index in [4.69, 9.17) is 14.7 Å². The molecule has 0 saturated heterocycles. The molecule has 7 nitrogen and oxygen atoms in total. The van der Waals surface area contributed by atoms with Crippen molar-refractivity contribution in [3.05, 3.63) is 113 Å². The van der Waals surface area contributed by atoms with Crippen LogP contribution in [0.25, 0.3) is 0 Å². The molecule has 2 heterocycles. The third-order valence-electron chi connectivity index (χ3n) is 6.39. The third kappa shape index (κ3) is 6.06. The minimum Gasteiger partial charge on any atom is -0.438 e. The van der Waals surface area contributed by atoms with E-state index in [0.717, 1.165) is 22.4 Å². The molecule has 0 aliphatic carbocycles. The Morgan fingerprint density at radius 3 is 2.43 bits per heavy atom. The van der Waals surface area contributed by atoms with Gasteiger partial charge in [-0.25, -0.2) is 9.78 Å². The second-order valence-corrected chi connectivity index (χ2v) is 9.33. The topological polar surface area (TPSA) is 70.6 Å². The van der Waals surface area contributed by atoms with Crippen LogP contribution >= 0.6 is 0 Å². The largest absolute Gasteiger partial charge is 0.438 e. The number of rotatable bonds is 7. The zero-order chi connectivity index (χ0) is 25.6. The van der Waals surface area contributed by atoms with Crippen LogP contribution in [0.1, 0.15) is 27.9 Å². The van der Waals surface area contributed by atoms with Crippen LogP contribution < -0.4 is 15.0 Å². The molecule has 1 aliphatic heterocycles. The summed E-state index contributed by atoms with van der Waals surface area (Å²) in [6.07, 6.45) is 0.632. The highest BCUT2D eigenvalue weighted by atomic mass is 16.5. The van der Waals surface area contributed by atoms with Crippen molar-refractivity contribution in [3.63, 3.8) is 0 Å². The lowest BCUT2D eigenvalue weighted by Crippen LogP contribution is -2.43. The Morgan fingerprint density at radius 2 is 1.70 bits per heavy atom. The molecule has 1 aliphatic rings. The number of hydrogen-bond donors (Lipinski definition) is 1. The van der Waals surface area contributed by atoms with Crippen LogP contribution in [-0.4, -0.2) is 34.5 Å². The van der Waals surface area contributed by atoms with Crippen LogP contribution in [0.2, 0.25) is 0 Å². The Hall–Kier alpha value is -4.39. The maximum Gasteiger partial charge on any atom is 0.317 e. The van der Waals surface area contributed by atoms with E-state index in [2.05, 4.69) is 17.4 Å². The van der Waals surface area contributed by atoms with Gasteiger partial charge in [-0.1, -0.05) is 72.8 Å². The summed E-state index contributed by atoms with van der Waals surface area (Å²) in [6.45, 7) is 4.16. The number of hydrogen-bond acceptors (Lipinski definition) is 5. The summed E-state index contributed by atoms with van der Waals surface area (Å²) >= 11 is 0. The second kappa shape index (κ2) is 11.1. The average Bonchev–Trinajstić information content (AvgIpc) is 2.92. The molecule has 1 N–H and O–H groups in total. The average molecular weight is 494 g/mol. The minimum absolute atomic E-state index is 0.110. The van der Waals surface area contributed by atoms with E-state index in [1.807, 2.05) is 91.7 Å². The van der Waals surface area contributed by atoms with E-state index in [9.17, 15) is 4.79 Å². The fourth-order valence-corrected chi connectivity index (χ4v) is 4.40. The normalized spacial score (nSPS) is 12.5. The number of aryl methyl sites for hydroxylation is 1. The molecule has 5 rings (SSSR count). The van der Waals surface area contributed by atoms with Gasteiger partial charge in [0.05, 0.1) is 17.8 Å². The molecule has 2 amide bonds. The maximum absolute atomic E-state index is 13.0. The minimum atomic E-state index is -0.110. The zero-order valence-electron chi connectivity index (χ0n) is 21.2. The highest BCUT2D eigenvalue weighted by molar-refractivity contribution is 5.74. The first-order valence-corrected chi connectivity index (χ1v) is 12.5. The molecule has 0 fully saturated rings. The smallest absolute Gasteiger partial charge is 0.317 e. The standard InChI is InChI=1S/C30H31N5O2/c1-22-10-9-15-25(18-22)37-28-26-21-35(30(36)31-19-23-11-5-3-6-12-23)17-16-27(26)32-29(33-28)34(2)20-24-13-7-4-8-14-24/h3-15,18H,16-17,19-21H2,1-2H3,(H,31,36). The number of fused-ring (bicyclic) bond motifs is 1. The summed E-state index contributed by atoms with van der Waals surface area (Å²) in [5, 5.41) is 3.03. The number of nitrogens with one attached hydrogen (secondary N) is 1. The highest BCUT2D eigenvalue weighted by Crippen LogP contribution is 2.32. The number of anilines is 1. The summed E-state index contributed by atoms with van der Waals surface area (Å²) in [6, 6.07) is 27.9. The first-order valence-electron chi connectivity index (χ1n) is 12.5. The summed E-state index contributed by atoms with van der Waals surface area (Å²) in [4.78, 5) is 26.5. The van der Waals surface area contributed by atoms with Crippen LogP contribution in [0, 0.1) is 6.92 Å². The molecule has 0 unspecified atom stereocenters. The number of benzene rings is 3. The van der Waals surface area contributed by atoms with Crippen LogP contribution in [0.3, 0.4) is 0 Å². The summed E-state index contributed by atoms with van der Waals surface area (Å²) < 4.78 is 6.32. The monoisotopic (exact) mass is 493 g/mol. The van der Waals surface area contributed by atoms with Crippen molar-refractivity contribution in [2.45, 2.75) is 33.0 Å². The molecule has 37 heavy (non-hydrogen) atoms. The third-order valence-corrected chi connectivity index (χ3v) is 6.39. The molecule has 0 saturated carbocycles. The van der Waals surface area contributed by atoms with Gasteiger partial charge in [0, 0.05) is 33.1 Å². The van der Waals surface area contributed by atoms with Crippen molar-refractivity contribution in [1.29, 1.82) is 0 Å². The van der Waals surface area contributed by atoms with Crippen molar-refractivity contribution in [2.24, 2.45) is 0 Å². The number of aromatic nitrogens is 2. The summed E-state index contributed by atoms with van der Waals surface area (Å²) in [5.74, 6) is 1.81. The first kappa shape index (κ1) is 24.3. The highest BCUT2D eigenvalue weighted by Gasteiger charge is 2.27. The van der Waals surface area contributed by atoms with Crippen molar-refractivity contribution >= 4 is 12.0 Å². The molecular weight excluding hydrogens is 462 g/mol. The van der Waals surface area contributed by atoms with Crippen molar-refractivity contribution in [1.82, 2.24) is 20.2 Å². The molecule has 3 aromatic carbocycles. The van der Waals surface area contributed by atoms with E-state index in [0.29, 0.717) is 50.2 Å². The Balaban J connectivity index is 1.39. The Morgan fingerprint density at radius 1 is 0.973 bits per heavy atom. The lowest BCUT2D eigenvalue weighted by molar-refractivity contribution is 0.190. The number of carbonyl (C=O) groups is 1. The van der Waals surface area contributed by atoms with Crippen LogP contribution in [0.15, 0.2) is 84.9 Å². The predicted molar refractivity (Wildman–Crippen MR) is 145 cm³/mol. The van der Waals surface area contributed by atoms with Gasteiger partial charge in [0.1, 0.15) is 5.75 Å². The van der Waals surface area contributed by atoms with Crippen molar-refractivity contribution in [3.8, 4) is 11.6 Å². The van der Waals surface area contributed by atoms with Gasteiger partial charge in [-0.15, -0.1) is 0 Å². The molecule has 0 bridgehead atoms. The molecule has 4 aromatic rings. The fourth-order valence-electron chi connectivity index (χ4n) is 4.40. The van der Waals surface area contributed by atoms with Crippen LogP contribution in [0.5, 0.6) is 11.6 Å². The Bertz CT molecular complexity index is 1360. The number of ether oxygens (including phenoxy) is 1. The zero-order valence-corrected chi connectivity index (χ0v) is 21.2. The number of amides is 2. The summed E-state index contributed by atoms with van der Waals surface area (Å²) in [7, 11) is 1.98. The van der Waals surface area contributed by atoms with Gasteiger partial charge in [-0.3, -0.25) is 0 Å². The molecular formula is C30H31N5O2. The SMILES string of the molecule is Cc1cccc(Oc2nc(N(C)Cc3ccccc3)nc3c2CN(C(=O)NCc2ccccc2)CC3)c1. The van der Waals surface area contributed by atoms with Gasteiger partial charge in [0.25, 0.3) is 0 Å². The first-order chi connectivity index (χ1) is 18.0. The van der Waals surface area contributed by atoms with E-state index in [1.54, 1.807) is 4.90 Å². The van der Waals surface area contributed by atoms with Crippen LogP contribution in [-0.2, 0) is 26.1 Å². The second-order valence-electron chi connectivity index (χ2n) is 9.33. The van der Waals surface area contributed by atoms with Gasteiger partial charge in [0.15, 0.2) is 0 Å². The molecule has 188 valence electrons. The van der Waals surface area contributed by atoms with Gasteiger partial charge >= 0.3 is 6.03 Å². The number of urea groups is 1. The Labute approximate surface area is 217 Å². The number of carbonyl (C=O) groups excluding carboxylic acids is 1. The number of nitrogens with zero attached hydrogens (tertiary/aromatic N) is 4.